The summed E-state index contributed by atoms with van der Waals surface area (Å²) in [5.41, 5.74) is 2.68. The fraction of sp³-hybridized carbons (Fsp3) is 0.400. The van der Waals surface area contributed by atoms with Crippen molar-refractivity contribution >= 4 is 19.2 Å². The Morgan fingerprint density at radius 2 is 1.79 bits per heavy atom. The molecule has 0 aliphatic heterocycles. The topological polar surface area (TPSA) is 30.5 Å². The Morgan fingerprint density at radius 3 is 2.50 bits per heavy atom. The third-order valence-electron chi connectivity index (χ3n) is 3.56. The maximum atomic E-state index is 5.74. The van der Waals surface area contributed by atoms with Gasteiger partial charge in [0, 0.05) is 24.5 Å². The summed E-state index contributed by atoms with van der Waals surface area (Å²) in [5, 5.41) is 6.14. The molecule has 1 atom stereocenters. The van der Waals surface area contributed by atoms with E-state index in [-0.39, 0.29) is 12.3 Å². The number of methoxy groups -OCH3 is 1. The van der Waals surface area contributed by atoms with Crippen LogP contribution < -0.4 is 20.7 Å². The van der Waals surface area contributed by atoms with Gasteiger partial charge in [-0.25, -0.2) is 0 Å². The second-order valence-corrected chi connectivity index (χ2v) is 8.26. The van der Waals surface area contributed by atoms with E-state index in [4.69, 9.17) is 9.47 Å². The summed E-state index contributed by atoms with van der Waals surface area (Å²) in [4.78, 5) is 0. The Kier molecular flexibility index (Phi) is 6.79. The minimum absolute atomic E-state index is 0.103. The molecule has 0 saturated carbocycles. The SMILES string of the molecule is COCOc1ccc(C)cc1Pc1ccccc1CNC(C)(C)C. The highest BCUT2D eigenvalue weighted by atomic mass is 31.1. The van der Waals surface area contributed by atoms with Crippen LogP contribution in [0.25, 0.3) is 0 Å². The zero-order valence-electron chi connectivity index (χ0n) is 15.3. The number of ether oxygens (including phenoxy) is 2. The Bertz CT molecular complexity index is 665. The third-order valence-corrected chi connectivity index (χ3v) is 4.98. The summed E-state index contributed by atoms with van der Waals surface area (Å²) in [6, 6.07) is 14.9. The fourth-order valence-electron chi connectivity index (χ4n) is 2.29. The first-order valence-electron chi connectivity index (χ1n) is 8.21. The van der Waals surface area contributed by atoms with Crippen molar-refractivity contribution in [3.05, 3.63) is 53.6 Å². The van der Waals surface area contributed by atoms with E-state index in [0.717, 1.165) is 12.3 Å². The average Bonchev–Trinajstić information content (AvgIpc) is 2.52. The molecule has 0 aromatic heterocycles. The molecule has 0 aliphatic rings. The summed E-state index contributed by atoms with van der Waals surface area (Å²) >= 11 is 0. The van der Waals surface area contributed by atoms with E-state index < -0.39 is 0 Å². The molecule has 1 unspecified atom stereocenters. The second-order valence-electron chi connectivity index (χ2n) is 6.94. The van der Waals surface area contributed by atoms with Gasteiger partial charge in [0.1, 0.15) is 5.75 Å². The number of aryl methyl sites for hydroxylation is 1. The summed E-state index contributed by atoms with van der Waals surface area (Å²) in [6.07, 6.45) is 0. The molecule has 2 rings (SSSR count). The first kappa shape index (κ1) is 18.9. The van der Waals surface area contributed by atoms with Crippen molar-refractivity contribution in [3.8, 4) is 5.75 Å². The van der Waals surface area contributed by atoms with Gasteiger partial charge in [-0.05, 0) is 50.7 Å². The van der Waals surface area contributed by atoms with Crippen molar-refractivity contribution in [2.45, 2.75) is 39.8 Å². The zero-order valence-corrected chi connectivity index (χ0v) is 16.3. The minimum Gasteiger partial charge on any atom is -0.467 e. The van der Waals surface area contributed by atoms with E-state index in [0.29, 0.717) is 8.58 Å². The standard InChI is InChI=1S/C20H28NO2P/c1-15-10-11-17(23-14-22-5)19(12-15)24-18-9-7-6-8-16(18)13-21-20(2,3)4/h6-12,21,24H,13-14H2,1-5H3. The molecular weight excluding hydrogens is 317 g/mol. The van der Waals surface area contributed by atoms with Crippen molar-refractivity contribution < 1.29 is 9.47 Å². The van der Waals surface area contributed by atoms with Crippen molar-refractivity contribution in [1.29, 1.82) is 0 Å². The van der Waals surface area contributed by atoms with Crippen molar-refractivity contribution in [2.24, 2.45) is 0 Å². The highest BCUT2D eigenvalue weighted by Crippen LogP contribution is 2.22. The lowest BCUT2D eigenvalue weighted by Gasteiger charge is -2.22. The Hall–Kier alpha value is -1.41. The van der Waals surface area contributed by atoms with Crippen molar-refractivity contribution in [2.75, 3.05) is 13.9 Å². The zero-order chi connectivity index (χ0) is 17.6. The smallest absolute Gasteiger partial charge is 0.188 e. The minimum atomic E-state index is 0.103. The molecule has 2 aromatic carbocycles. The molecule has 0 fully saturated rings. The average molecular weight is 345 g/mol. The summed E-state index contributed by atoms with van der Waals surface area (Å²) in [5.74, 6) is 0.902. The van der Waals surface area contributed by atoms with Crippen LogP contribution in [0.2, 0.25) is 0 Å². The first-order valence-corrected chi connectivity index (χ1v) is 9.21. The van der Waals surface area contributed by atoms with Crippen LogP contribution in [0.15, 0.2) is 42.5 Å². The van der Waals surface area contributed by atoms with Gasteiger partial charge in [-0.15, -0.1) is 0 Å². The van der Waals surface area contributed by atoms with E-state index in [9.17, 15) is 0 Å². The van der Waals surface area contributed by atoms with E-state index in [1.807, 2.05) is 6.07 Å². The first-order chi connectivity index (χ1) is 11.4. The van der Waals surface area contributed by atoms with Crippen molar-refractivity contribution in [1.82, 2.24) is 5.32 Å². The van der Waals surface area contributed by atoms with E-state index in [1.54, 1.807) is 7.11 Å². The van der Waals surface area contributed by atoms with Crippen LogP contribution in [0.1, 0.15) is 31.9 Å². The predicted octanol–water partition coefficient (Wildman–Crippen LogP) is 3.50. The van der Waals surface area contributed by atoms with Gasteiger partial charge in [0.05, 0.1) is 0 Å². The number of hydrogen-bond acceptors (Lipinski definition) is 3. The summed E-state index contributed by atoms with van der Waals surface area (Å²) < 4.78 is 10.8. The Labute approximate surface area is 147 Å². The number of benzene rings is 2. The highest BCUT2D eigenvalue weighted by Gasteiger charge is 2.12. The molecule has 0 aliphatic carbocycles. The lowest BCUT2D eigenvalue weighted by Crippen LogP contribution is -2.36. The Balaban J connectivity index is 2.23. The van der Waals surface area contributed by atoms with Gasteiger partial charge in [-0.1, -0.05) is 44.5 Å². The largest absolute Gasteiger partial charge is 0.467 e. The van der Waals surface area contributed by atoms with Crippen LogP contribution in [0.4, 0.5) is 0 Å². The van der Waals surface area contributed by atoms with Gasteiger partial charge in [0.2, 0.25) is 0 Å². The highest BCUT2D eigenvalue weighted by molar-refractivity contribution is 7.55. The summed E-state index contributed by atoms with van der Waals surface area (Å²) in [7, 11) is 2.20. The fourth-order valence-corrected chi connectivity index (χ4v) is 3.67. The van der Waals surface area contributed by atoms with Crippen LogP contribution in [-0.2, 0) is 11.3 Å². The van der Waals surface area contributed by atoms with Crippen LogP contribution >= 0.6 is 8.58 Å². The monoisotopic (exact) mass is 345 g/mol. The molecule has 2 aromatic rings. The molecule has 0 amide bonds. The number of rotatable bonds is 7. The van der Waals surface area contributed by atoms with Crippen LogP contribution in [0.3, 0.4) is 0 Å². The van der Waals surface area contributed by atoms with Crippen LogP contribution in [0, 0.1) is 6.92 Å². The van der Waals surface area contributed by atoms with E-state index in [1.165, 1.54) is 21.7 Å². The number of hydrogen-bond donors (Lipinski definition) is 1. The molecule has 1 N–H and O–H groups in total. The molecule has 0 bridgehead atoms. The lowest BCUT2D eigenvalue weighted by molar-refractivity contribution is 0.0519. The summed E-state index contributed by atoms with van der Waals surface area (Å²) in [6.45, 7) is 9.82. The maximum Gasteiger partial charge on any atom is 0.188 e. The molecule has 3 nitrogen and oxygen atoms in total. The predicted molar refractivity (Wildman–Crippen MR) is 104 cm³/mol. The lowest BCUT2D eigenvalue weighted by atomic mass is 10.1. The van der Waals surface area contributed by atoms with Gasteiger partial charge in [-0.3, -0.25) is 0 Å². The van der Waals surface area contributed by atoms with Crippen molar-refractivity contribution in [3.63, 3.8) is 0 Å². The molecule has 0 heterocycles. The van der Waals surface area contributed by atoms with Gasteiger partial charge in [0.25, 0.3) is 0 Å². The molecule has 24 heavy (non-hydrogen) atoms. The third kappa shape index (κ3) is 5.90. The quantitative estimate of drug-likeness (QED) is 0.615. The normalized spacial score (nSPS) is 12.0. The second kappa shape index (κ2) is 8.62. The molecular formula is C20H28NO2P. The molecule has 0 radical (unpaired) electrons. The van der Waals surface area contributed by atoms with E-state index >= 15 is 0 Å². The van der Waals surface area contributed by atoms with E-state index in [2.05, 4.69) is 69.4 Å². The number of nitrogens with one attached hydrogen (secondary N) is 1. The van der Waals surface area contributed by atoms with Gasteiger partial charge in [-0.2, -0.15) is 0 Å². The molecule has 0 saturated heterocycles. The van der Waals surface area contributed by atoms with Crippen LogP contribution in [0.5, 0.6) is 5.75 Å². The Morgan fingerprint density at radius 1 is 1.04 bits per heavy atom. The molecule has 130 valence electrons. The molecule has 0 spiro atoms. The van der Waals surface area contributed by atoms with Gasteiger partial charge >= 0.3 is 0 Å². The maximum absolute atomic E-state index is 5.74. The van der Waals surface area contributed by atoms with Gasteiger partial charge < -0.3 is 14.8 Å². The van der Waals surface area contributed by atoms with Crippen LogP contribution in [-0.4, -0.2) is 19.4 Å². The van der Waals surface area contributed by atoms with Gasteiger partial charge in [0.15, 0.2) is 6.79 Å². The molecule has 4 heteroatoms.